The van der Waals surface area contributed by atoms with Crippen molar-refractivity contribution in [2.24, 2.45) is 10.1 Å². The van der Waals surface area contributed by atoms with Gasteiger partial charge in [-0.2, -0.15) is 5.10 Å². The van der Waals surface area contributed by atoms with Crippen LogP contribution in [0.4, 0.5) is 5.69 Å². The molecule has 2 aromatic rings. The van der Waals surface area contributed by atoms with E-state index >= 15 is 0 Å². The normalized spacial score (nSPS) is 16.3. The Hall–Kier alpha value is -1.68. The first kappa shape index (κ1) is 20.1. The van der Waals surface area contributed by atoms with E-state index in [-0.39, 0.29) is 0 Å². The molecule has 0 spiro atoms. The molecule has 2 N–H and O–H groups in total. The number of aliphatic imine (C=N–C) groups is 1. The van der Waals surface area contributed by atoms with Crippen molar-refractivity contribution in [2.75, 3.05) is 18.6 Å². The van der Waals surface area contributed by atoms with Gasteiger partial charge in [0.05, 0.1) is 22.5 Å². The molecule has 6 nitrogen and oxygen atoms in total. The molecule has 0 unspecified atom stereocenters. The second-order valence-electron chi connectivity index (χ2n) is 6.33. The molecule has 0 saturated heterocycles. The Morgan fingerprint density at radius 2 is 2.04 bits per heavy atom. The number of thioether (sulfide) groups is 1. The van der Waals surface area contributed by atoms with Gasteiger partial charge in [-0.25, -0.2) is 18.1 Å². The first-order valence-corrected chi connectivity index (χ1v) is 12.1. The van der Waals surface area contributed by atoms with Gasteiger partial charge in [-0.15, -0.1) is 11.3 Å². The van der Waals surface area contributed by atoms with E-state index in [4.69, 9.17) is 0 Å². The molecular formula is C18H22N4O2S3. The lowest BCUT2D eigenvalue weighted by molar-refractivity contribution is 0.588. The molecule has 1 aromatic heterocycles. The number of aryl methyl sites for hydroxylation is 2. The Bertz CT molecular complexity index is 994. The Morgan fingerprint density at radius 1 is 1.22 bits per heavy atom. The minimum absolute atomic E-state index is 0.408. The fraction of sp³-hybridized carbons (Fsp3) is 0.333. The van der Waals surface area contributed by atoms with E-state index in [9.17, 15) is 8.42 Å². The van der Waals surface area contributed by atoms with Crippen LogP contribution in [0.3, 0.4) is 0 Å². The van der Waals surface area contributed by atoms with Gasteiger partial charge in [0.1, 0.15) is 0 Å². The van der Waals surface area contributed by atoms with Gasteiger partial charge in [0, 0.05) is 17.2 Å². The molecular weight excluding hydrogens is 400 g/mol. The van der Waals surface area contributed by atoms with Crippen molar-refractivity contribution in [1.82, 2.24) is 10.1 Å². The summed E-state index contributed by atoms with van der Waals surface area (Å²) in [7, 11) is -3.14. The quantitative estimate of drug-likeness (QED) is 0.749. The van der Waals surface area contributed by atoms with Crippen LogP contribution in [0.1, 0.15) is 20.9 Å². The highest BCUT2D eigenvalue weighted by Crippen LogP contribution is 2.24. The zero-order valence-electron chi connectivity index (χ0n) is 15.4. The Balaban J connectivity index is 1.61. The third-order valence-corrected chi connectivity index (χ3v) is 6.83. The van der Waals surface area contributed by atoms with Crippen molar-refractivity contribution in [3.63, 3.8) is 0 Å². The minimum Gasteiger partial charge on any atom is -0.255 e. The number of rotatable bonds is 6. The molecule has 0 saturated carbocycles. The van der Waals surface area contributed by atoms with Gasteiger partial charge in [0.2, 0.25) is 10.0 Å². The summed E-state index contributed by atoms with van der Waals surface area (Å²) in [5.74, 6) is 0.748. The number of sulfonamides is 1. The third-order valence-electron chi connectivity index (χ3n) is 4.03. The van der Waals surface area contributed by atoms with Crippen molar-refractivity contribution in [2.45, 2.75) is 20.3 Å². The van der Waals surface area contributed by atoms with Crippen LogP contribution in [0.25, 0.3) is 0 Å². The molecule has 2 heterocycles. The van der Waals surface area contributed by atoms with Crippen LogP contribution in [-0.2, 0) is 16.4 Å². The van der Waals surface area contributed by atoms with Gasteiger partial charge in [-0.05, 0) is 55.7 Å². The van der Waals surface area contributed by atoms with Crippen molar-refractivity contribution < 1.29 is 8.42 Å². The number of nitrogens with one attached hydrogen (secondary N) is 2. The lowest BCUT2D eigenvalue weighted by Gasteiger charge is -2.13. The summed E-state index contributed by atoms with van der Waals surface area (Å²) in [4.78, 5) is 6.84. The monoisotopic (exact) mass is 422 g/mol. The lowest BCUT2D eigenvalue weighted by atomic mass is 10.1. The standard InChI is InChI=1S/C18H22N4O2S3/c1-12-4-5-14(10-13(12)2)20-18-22-21-16(11-25-18)17-7-6-15(26-17)8-9-19-27(3,23)24/h4-7,10,19H,8-9,11H2,1-3H3,(H,20,22). The van der Waals surface area contributed by atoms with E-state index in [0.29, 0.717) is 13.0 Å². The number of benzene rings is 1. The summed E-state index contributed by atoms with van der Waals surface area (Å²) >= 11 is 3.26. The molecule has 0 bridgehead atoms. The number of hydrogen-bond acceptors (Lipinski definition) is 6. The number of amidine groups is 1. The van der Waals surface area contributed by atoms with Gasteiger partial charge in [0.15, 0.2) is 5.17 Å². The van der Waals surface area contributed by atoms with Gasteiger partial charge in [-0.1, -0.05) is 17.8 Å². The fourth-order valence-electron chi connectivity index (χ4n) is 2.44. The molecule has 3 rings (SSSR count). The summed E-state index contributed by atoms with van der Waals surface area (Å²) in [6, 6.07) is 10.2. The topological polar surface area (TPSA) is 82.9 Å². The van der Waals surface area contributed by atoms with Crippen molar-refractivity contribution in [3.05, 3.63) is 51.2 Å². The fourth-order valence-corrected chi connectivity index (χ4v) is 4.77. The lowest BCUT2D eigenvalue weighted by Crippen LogP contribution is -2.24. The second kappa shape index (κ2) is 8.55. The number of hydrazone groups is 1. The Labute approximate surface area is 168 Å². The summed E-state index contributed by atoms with van der Waals surface area (Å²) in [5.41, 5.74) is 7.41. The molecule has 0 atom stereocenters. The second-order valence-corrected chi connectivity index (χ2v) is 10.3. The highest BCUT2D eigenvalue weighted by Gasteiger charge is 2.15. The minimum atomic E-state index is -3.14. The van der Waals surface area contributed by atoms with Crippen molar-refractivity contribution in [3.8, 4) is 0 Å². The van der Waals surface area contributed by atoms with Crippen LogP contribution in [0.5, 0.6) is 0 Å². The van der Waals surface area contributed by atoms with Crippen LogP contribution < -0.4 is 10.1 Å². The van der Waals surface area contributed by atoms with Crippen molar-refractivity contribution in [1.29, 1.82) is 0 Å². The third kappa shape index (κ3) is 5.90. The average Bonchev–Trinajstić information content (AvgIpc) is 3.07. The molecule has 1 aromatic carbocycles. The number of nitrogens with zero attached hydrogens (tertiary/aromatic N) is 2. The van der Waals surface area contributed by atoms with Crippen LogP contribution in [0.2, 0.25) is 0 Å². The summed E-state index contributed by atoms with van der Waals surface area (Å²) in [6.07, 6.45) is 1.84. The molecule has 144 valence electrons. The van der Waals surface area contributed by atoms with E-state index in [0.717, 1.165) is 32.1 Å². The van der Waals surface area contributed by atoms with E-state index in [1.165, 1.54) is 17.4 Å². The summed E-state index contributed by atoms with van der Waals surface area (Å²) in [6.45, 7) is 4.57. The Kier molecular flexibility index (Phi) is 6.36. The van der Waals surface area contributed by atoms with Gasteiger partial charge >= 0.3 is 0 Å². The smallest absolute Gasteiger partial charge is 0.208 e. The van der Waals surface area contributed by atoms with Gasteiger partial charge < -0.3 is 0 Å². The summed E-state index contributed by atoms with van der Waals surface area (Å²) < 4.78 is 24.8. The molecule has 1 aliphatic rings. The highest BCUT2D eigenvalue weighted by atomic mass is 32.2. The Morgan fingerprint density at radius 3 is 2.70 bits per heavy atom. The van der Waals surface area contributed by atoms with E-state index in [1.54, 1.807) is 23.1 Å². The molecule has 0 amide bonds. The zero-order chi connectivity index (χ0) is 19.4. The molecule has 27 heavy (non-hydrogen) atoms. The number of hydrogen-bond donors (Lipinski definition) is 2. The SMILES string of the molecule is Cc1ccc(N=C2NN=C(c3ccc(CCNS(C)(=O)=O)s3)CS2)cc1C. The number of thiophene rings is 1. The van der Waals surface area contributed by atoms with Gasteiger partial charge in [0.25, 0.3) is 0 Å². The van der Waals surface area contributed by atoms with E-state index in [1.807, 2.05) is 18.2 Å². The first-order valence-electron chi connectivity index (χ1n) is 8.45. The largest absolute Gasteiger partial charge is 0.255 e. The summed E-state index contributed by atoms with van der Waals surface area (Å²) in [5, 5.41) is 5.25. The highest BCUT2D eigenvalue weighted by molar-refractivity contribution is 8.14. The van der Waals surface area contributed by atoms with Crippen molar-refractivity contribution >= 4 is 49.7 Å². The molecule has 0 fully saturated rings. The van der Waals surface area contributed by atoms with Crippen LogP contribution in [-0.4, -0.2) is 37.9 Å². The maximum Gasteiger partial charge on any atom is 0.208 e. The predicted molar refractivity (Wildman–Crippen MR) is 116 cm³/mol. The maximum absolute atomic E-state index is 11.1. The van der Waals surface area contributed by atoms with E-state index in [2.05, 4.69) is 46.2 Å². The zero-order valence-corrected chi connectivity index (χ0v) is 17.9. The first-order chi connectivity index (χ1) is 12.8. The molecule has 0 radical (unpaired) electrons. The molecule has 0 aliphatic carbocycles. The molecule has 9 heteroatoms. The van der Waals surface area contributed by atoms with E-state index < -0.39 is 10.0 Å². The van der Waals surface area contributed by atoms with Crippen LogP contribution in [0.15, 0.2) is 40.4 Å². The average molecular weight is 423 g/mol. The predicted octanol–water partition coefficient (Wildman–Crippen LogP) is 3.18. The van der Waals surface area contributed by atoms with Crippen LogP contribution in [0, 0.1) is 13.8 Å². The molecule has 1 aliphatic heterocycles. The maximum atomic E-state index is 11.1. The van der Waals surface area contributed by atoms with Gasteiger partial charge in [-0.3, -0.25) is 5.43 Å². The van der Waals surface area contributed by atoms with Crippen LogP contribution >= 0.6 is 23.1 Å².